The van der Waals surface area contributed by atoms with Gasteiger partial charge in [0.1, 0.15) is 5.82 Å². The second-order valence-electron chi connectivity index (χ2n) is 6.41. The molecule has 27 heavy (non-hydrogen) atoms. The Labute approximate surface area is 158 Å². The van der Waals surface area contributed by atoms with Crippen molar-refractivity contribution in [2.45, 2.75) is 13.0 Å². The summed E-state index contributed by atoms with van der Waals surface area (Å²) >= 11 is 0. The number of carbonyl (C=O) groups is 1. The van der Waals surface area contributed by atoms with E-state index in [4.69, 9.17) is 0 Å². The van der Waals surface area contributed by atoms with Gasteiger partial charge in [0.05, 0.1) is 17.4 Å². The minimum Gasteiger partial charge on any atom is -0.369 e. The van der Waals surface area contributed by atoms with Crippen molar-refractivity contribution >= 4 is 11.6 Å². The second-order valence-corrected chi connectivity index (χ2v) is 6.41. The van der Waals surface area contributed by atoms with Crippen LogP contribution in [0.1, 0.15) is 21.5 Å². The summed E-state index contributed by atoms with van der Waals surface area (Å²) < 4.78 is 12.9. The van der Waals surface area contributed by atoms with Crippen LogP contribution in [0, 0.1) is 5.82 Å². The highest BCUT2D eigenvalue weighted by Crippen LogP contribution is 2.16. The van der Waals surface area contributed by atoms with Crippen LogP contribution in [0.5, 0.6) is 0 Å². The monoisotopic (exact) mass is 363 g/mol. The predicted molar refractivity (Wildman–Crippen MR) is 105 cm³/mol. The highest BCUT2D eigenvalue weighted by atomic mass is 19.1. The van der Waals surface area contributed by atoms with Gasteiger partial charge in [-0.1, -0.05) is 42.5 Å². The number of carbonyl (C=O) groups excluding carboxylic acids is 1. The minimum absolute atomic E-state index is 0.167. The standard InChI is InChI=1S/C22H22FN3O/c1-26(16-18-5-3-2-4-6-18)21-13-19(14-24-15-21)22(27)25-12-11-17-7-9-20(23)10-8-17/h2-10,13-15H,11-12,16H2,1H3,(H,25,27). The number of anilines is 1. The Morgan fingerprint density at radius 3 is 2.52 bits per heavy atom. The van der Waals surface area contributed by atoms with Gasteiger partial charge in [0.2, 0.25) is 0 Å². The summed E-state index contributed by atoms with van der Waals surface area (Å²) in [6.07, 6.45) is 3.96. The normalized spacial score (nSPS) is 10.4. The van der Waals surface area contributed by atoms with E-state index in [-0.39, 0.29) is 11.7 Å². The molecule has 0 aliphatic carbocycles. The van der Waals surface area contributed by atoms with Crippen LogP contribution in [-0.2, 0) is 13.0 Å². The van der Waals surface area contributed by atoms with Crippen molar-refractivity contribution in [2.75, 3.05) is 18.5 Å². The number of aromatic nitrogens is 1. The number of hydrogen-bond acceptors (Lipinski definition) is 3. The van der Waals surface area contributed by atoms with Gasteiger partial charge < -0.3 is 10.2 Å². The molecule has 0 saturated heterocycles. The molecule has 1 amide bonds. The van der Waals surface area contributed by atoms with Gasteiger partial charge in [-0.15, -0.1) is 0 Å². The lowest BCUT2D eigenvalue weighted by Crippen LogP contribution is -2.26. The first-order valence-corrected chi connectivity index (χ1v) is 8.84. The van der Waals surface area contributed by atoms with Crippen LogP contribution in [0.2, 0.25) is 0 Å². The summed E-state index contributed by atoms with van der Waals surface area (Å²) in [4.78, 5) is 18.6. The predicted octanol–water partition coefficient (Wildman–Crippen LogP) is 3.83. The maximum absolute atomic E-state index is 12.9. The molecule has 1 aromatic heterocycles. The molecule has 0 aliphatic rings. The summed E-state index contributed by atoms with van der Waals surface area (Å²) in [6, 6.07) is 18.3. The first kappa shape index (κ1) is 18.6. The summed E-state index contributed by atoms with van der Waals surface area (Å²) in [6.45, 7) is 1.21. The van der Waals surface area contributed by atoms with E-state index in [1.165, 1.54) is 17.7 Å². The SMILES string of the molecule is CN(Cc1ccccc1)c1cncc(C(=O)NCCc2ccc(F)cc2)c1. The van der Waals surface area contributed by atoms with E-state index < -0.39 is 0 Å². The van der Waals surface area contributed by atoms with E-state index in [0.717, 1.165) is 17.8 Å². The Morgan fingerprint density at radius 1 is 1.04 bits per heavy atom. The average molecular weight is 363 g/mol. The molecule has 0 saturated carbocycles. The van der Waals surface area contributed by atoms with Crippen molar-refractivity contribution in [3.8, 4) is 0 Å². The van der Waals surface area contributed by atoms with Gasteiger partial charge in [0.15, 0.2) is 0 Å². The third-order valence-electron chi connectivity index (χ3n) is 4.30. The summed E-state index contributed by atoms with van der Waals surface area (Å²) in [5, 5.41) is 2.89. The van der Waals surface area contributed by atoms with Crippen LogP contribution in [0.25, 0.3) is 0 Å². The zero-order valence-electron chi connectivity index (χ0n) is 15.2. The van der Waals surface area contributed by atoms with E-state index in [2.05, 4.69) is 27.3 Å². The molecular weight excluding hydrogens is 341 g/mol. The molecule has 0 bridgehead atoms. The smallest absolute Gasteiger partial charge is 0.252 e. The first-order chi connectivity index (χ1) is 13.1. The zero-order valence-corrected chi connectivity index (χ0v) is 15.2. The van der Waals surface area contributed by atoms with Crippen molar-refractivity contribution in [1.29, 1.82) is 0 Å². The maximum atomic E-state index is 12.9. The Hall–Kier alpha value is -3.21. The van der Waals surface area contributed by atoms with Crippen molar-refractivity contribution in [2.24, 2.45) is 0 Å². The van der Waals surface area contributed by atoms with Crippen LogP contribution in [0.3, 0.4) is 0 Å². The number of pyridine rings is 1. The van der Waals surface area contributed by atoms with E-state index in [1.807, 2.05) is 31.3 Å². The molecule has 3 rings (SSSR count). The maximum Gasteiger partial charge on any atom is 0.252 e. The molecule has 3 aromatic rings. The van der Waals surface area contributed by atoms with Crippen molar-refractivity contribution in [3.63, 3.8) is 0 Å². The third kappa shape index (κ3) is 5.38. The Morgan fingerprint density at radius 2 is 1.78 bits per heavy atom. The van der Waals surface area contributed by atoms with Crippen molar-refractivity contribution in [3.05, 3.63) is 95.6 Å². The average Bonchev–Trinajstić information content (AvgIpc) is 2.70. The number of amides is 1. The van der Waals surface area contributed by atoms with Gasteiger partial charge in [-0.3, -0.25) is 9.78 Å². The molecule has 0 atom stereocenters. The molecule has 0 radical (unpaired) electrons. The van der Waals surface area contributed by atoms with Crippen molar-refractivity contribution < 1.29 is 9.18 Å². The fraction of sp³-hybridized carbons (Fsp3) is 0.182. The van der Waals surface area contributed by atoms with Gasteiger partial charge >= 0.3 is 0 Å². The van der Waals surface area contributed by atoms with E-state index in [1.54, 1.807) is 24.5 Å². The first-order valence-electron chi connectivity index (χ1n) is 8.84. The largest absolute Gasteiger partial charge is 0.369 e. The lowest BCUT2D eigenvalue weighted by Gasteiger charge is -2.19. The molecule has 0 aliphatic heterocycles. The van der Waals surface area contributed by atoms with Gasteiger partial charge in [-0.05, 0) is 35.7 Å². The second kappa shape index (κ2) is 8.94. The summed E-state index contributed by atoms with van der Waals surface area (Å²) in [5.41, 5.74) is 3.57. The zero-order chi connectivity index (χ0) is 19.1. The Balaban J connectivity index is 1.57. The fourth-order valence-corrected chi connectivity index (χ4v) is 2.78. The molecule has 0 spiro atoms. The molecule has 4 nitrogen and oxygen atoms in total. The summed E-state index contributed by atoms with van der Waals surface area (Å²) in [5.74, 6) is -0.426. The van der Waals surface area contributed by atoms with Crippen LogP contribution in [-0.4, -0.2) is 24.5 Å². The number of nitrogens with one attached hydrogen (secondary N) is 1. The van der Waals surface area contributed by atoms with Crippen LogP contribution in [0.4, 0.5) is 10.1 Å². The van der Waals surface area contributed by atoms with E-state index in [0.29, 0.717) is 18.5 Å². The van der Waals surface area contributed by atoms with E-state index in [9.17, 15) is 9.18 Å². The van der Waals surface area contributed by atoms with Crippen LogP contribution >= 0.6 is 0 Å². The van der Waals surface area contributed by atoms with Crippen LogP contribution < -0.4 is 10.2 Å². The molecular formula is C22H22FN3O. The summed E-state index contributed by atoms with van der Waals surface area (Å²) in [7, 11) is 1.97. The number of halogens is 1. The lowest BCUT2D eigenvalue weighted by molar-refractivity contribution is 0.0954. The molecule has 0 fully saturated rings. The Bertz CT molecular complexity index is 882. The fourth-order valence-electron chi connectivity index (χ4n) is 2.78. The lowest BCUT2D eigenvalue weighted by atomic mass is 10.1. The number of nitrogens with zero attached hydrogens (tertiary/aromatic N) is 2. The molecule has 5 heteroatoms. The molecule has 0 unspecified atom stereocenters. The molecule has 1 heterocycles. The number of hydrogen-bond donors (Lipinski definition) is 1. The number of rotatable bonds is 7. The van der Waals surface area contributed by atoms with Crippen molar-refractivity contribution in [1.82, 2.24) is 10.3 Å². The topological polar surface area (TPSA) is 45.2 Å². The highest BCUT2D eigenvalue weighted by molar-refractivity contribution is 5.94. The Kier molecular flexibility index (Phi) is 6.15. The molecule has 1 N–H and O–H groups in total. The van der Waals surface area contributed by atoms with Gasteiger partial charge in [0.25, 0.3) is 5.91 Å². The van der Waals surface area contributed by atoms with Gasteiger partial charge in [0, 0.05) is 26.3 Å². The van der Waals surface area contributed by atoms with E-state index >= 15 is 0 Å². The van der Waals surface area contributed by atoms with Gasteiger partial charge in [-0.25, -0.2) is 4.39 Å². The third-order valence-corrected chi connectivity index (χ3v) is 4.30. The molecule has 2 aromatic carbocycles. The molecule has 138 valence electrons. The van der Waals surface area contributed by atoms with Crippen LogP contribution in [0.15, 0.2) is 73.1 Å². The quantitative estimate of drug-likeness (QED) is 0.694. The number of benzene rings is 2. The van der Waals surface area contributed by atoms with Gasteiger partial charge in [-0.2, -0.15) is 0 Å². The highest BCUT2D eigenvalue weighted by Gasteiger charge is 2.09. The minimum atomic E-state index is -0.259.